The van der Waals surface area contributed by atoms with Crippen LogP contribution in [0.15, 0.2) is 0 Å². The number of hydrogen-bond acceptors (Lipinski definition) is 6. The summed E-state index contributed by atoms with van der Waals surface area (Å²) in [4.78, 5) is 16.5. The summed E-state index contributed by atoms with van der Waals surface area (Å²) in [5.41, 5.74) is 0. The van der Waals surface area contributed by atoms with E-state index in [4.69, 9.17) is 30.6 Å². The summed E-state index contributed by atoms with van der Waals surface area (Å²) in [5.74, 6) is 0. The number of rotatable bonds is 0. The minimum Gasteiger partial charge on any atom is -0.356 e. The predicted octanol–water partition coefficient (Wildman–Crippen LogP) is -1.24. The van der Waals surface area contributed by atoms with Crippen LogP contribution in [0.5, 0.6) is 0 Å². The molecule has 0 bridgehead atoms. The summed E-state index contributed by atoms with van der Waals surface area (Å²) < 4.78 is 0. The van der Waals surface area contributed by atoms with Crippen LogP contribution in [0, 0.1) is 30.6 Å². The first kappa shape index (κ1) is 22.4. The molecule has 10 heteroatoms. The maximum atomic E-state index is 8.25. The van der Waals surface area contributed by atoms with E-state index in [9.17, 15) is 0 Å². The van der Waals surface area contributed by atoms with E-state index in [1.54, 1.807) is 0 Å². The third-order valence-electron chi connectivity index (χ3n) is 0. The Morgan fingerprint density at radius 2 is 0.800 bits per heavy atom. The molecule has 0 aliphatic carbocycles. The zero-order valence-electron chi connectivity index (χ0n) is 4.55. The monoisotopic (exact) mass is 420 g/mol. The summed E-state index contributed by atoms with van der Waals surface area (Å²) in [5, 5.41) is 29.5. The van der Waals surface area contributed by atoms with Gasteiger partial charge in [0.1, 0.15) is 0 Å². The molecule has 10 heavy (non-hydrogen) atoms. The molecule has 0 aromatic carbocycles. The van der Waals surface area contributed by atoms with Gasteiger partial charge in [0.05, 0.1) is 10.2 Å². The van der Waals surface area contributed by atoms with Crippen LogP contribution in [0.3, 0.4) is 0 Å². The first-order valence-electron chi connectivity index (χ1n) is 1.10. The fourth-order valence-electron chi connectivity index (χ4n) is 0. The molecule has 0 N–H and O–H groups in total. The Balaban J connectivity index is -0.0000000300. The van der Waals surface area contributed by atoms with Gasteiger partial charge in [-0.3, -0.25) is 0 Å². The maximum absolute atomic E-state index is 8.25. The summed E-state index contributed by atoms with van der Waals surface area (Å²) in [7, 11) is 0. The molecular formula is N2O6PbSr+2. The Labute approximate surface area is 112 Å². The van der Waals surface area contributed by atoms with Crippen molar-refractivity contribution in [1.29, 1.82) is 0 Å². The van der Waals surface area contributed by atoms with Crippen molar-refractivity contribution in [1.82, 2.24) is 0 Å². The molecule has 0 spiro atoms. The molecular weight excluding hydrogens is 419 g/mol. The van der Waals surface area contributed by atoms with Gasteiger partial charge >= 0.3 is 72.8 Å². The second-order valence-electron chi connectivity index (χ2n) is 0.447. The van der Waals surface area contributed by atoms with Crippen molar-refractivity contribution < 1.29 is 10.2 Å². The summed E-state index contributed by atoms with van der Waals surface area (Å²) in [6, 6.07) is 0. The molecule has 0 aromatic rings. The summed E-state index contributed by atoms with van der Waals surface area (Å²) in [6.45, 7) is 0. The molecule has 0 aliphatic heterocycles. The molecule has 2 radical (unpaired) electrons. The molecule has 50 valence electrons. The summed E-state index contributed by atoms with van der Waals surface area (Å²) >= 11 is 0. The molecule has 0 atom stereocenters. The van der Waals surface area contributed by atoms with Gasteiger partial charge in [-0.25, -0.2) is 0 Å². The zero-order valence-corrected chi connectivity index (χ0v) is 11.9. The Morgan fingerprint density at radius 3 is 0.800 bits per heavy atom. The van der Waals surface area contributed by atoms with E-state index in [-0.39, 0.29) is 72.8 Å². The van der Waals surface area contributed by atoms with Gasteiger partial charge in [-0.05, 0) is 0 Å². The van der Waals surface area contributed by atoms with Crippen LogP contribution in [0.1, 0.15) is 0 Å². The van der Waals surface area contributed by atoms with E-state index >= 15 is 0 Å². The zero-order chi connectivity index (χ0) is 7.15. The van der Waals surface area contributed by atoms with E-state index in [2.05, 4.69) is 0 Å². The molecule has 0 aliphatic rings. The maximum Gasteiger partial charge on any atom is 2.00 e. The average molecular weight is 419 g/mol. The standard InChI is InChI=1S/2NO3.Pb.Sr/c2*2-1(3)4;;/q2*-1;2*+2. The quantitative estimate of drug-likeness (QED) is 0.274. The van der Waals surface area contributed by atoms with Crippen molar-refractivity contribution in [2.75, 3.05) is 0 Å². The van der Waals surface area contributed by atoms with Gasteiger partial charge in [-0.15, -0.1) is 0 Å². The molecule has 0 heterocycles. The Hall–Kier alpha value is 0.803. The fourth-order valence-corrected chi connectivity index (χ4v) is 0. The molecule has 0 fully saturated rings. The molecule has 0 amide bonds. The molecule has 0 unspecified atom stereocenters. The minimum atomic E-state index is -1.75. The van der Waals surface area contributed by atoms with Gasteiger partial charge in [0.2, 0.25) is 0 Å². The molecule has 0 aromatic heterocycles. The molecule has 0 saturated heterocycles. The smallest absolute Gasteiger partial charge is 0.356 e. The van der Waals surface area contributed by atoms with Crippen molar-refractivity contribution in [3.8, 4) is 0 Å². The first-order valence-corrected chi connectivity index (χ1v) is 1.10. The first-order chi connectivity index (χ1) is 3.46. The summed E-state index contributed by atoms with van der Waals surface area (Å²) in [6.07, 6.45) is 0. The second-order valence-corrected chi connectivity index (χ2v) is 0.447. The van der Waals surface area contributed by atoms with Crippen LogP contribution < -0.4 is 0 Å². The third-order valence-corrected chi connectivity index (χ3v) is 0. The van der Waals surface area contributed by atoms with Gasteiger partial charge in [-0.1, -0.05) is 0 Å². The van der Waals surface area contributed by atoms with Crippen molar-refractivity contribution in [3.63, 3.8) is 0 Å². The molecule has 8 nitrogen and oxygen atoms in total. The number of nitrogens with zero attached hydrogens (tertiary/aromatic N) is 2. The van der Waals surface area contributed by atoms with Gasteiger partial charge in [0.25, 0.3) is 0 Å². The Bertz CT molecular complexity index is 73.7. The van der Waals surface area contributed by atoms with Crippen molar-refractivity contribution in [2.24, 2.45) is 0 Å². The van der Waals surface area contributed by atoms with Crippen LogP contribution >= 0.6 is 0 Å². The van der Waals surface area contributed by atoms with Gasteiger partial charge in [-0.2, -0.15) is 0 Å². The molecule has 0 rings (SSSR count). The van der Waals surface area contributed by atoms with Gasteiger partial charge in [0.15, 0.2) is 0 Å². The topological polar surface area (TPSA) is 132 Å². The molecule has 0 saturated carbocycles. The van der Waals surface area contributed by atoms with E-state index in [0.717, 1.165) is 0 Å². The average Bonchev–Trinajstić information content (AvgIpc) is 1.25. The van der Waals surface area contributed by atoms with Crippen molar-refractivity contribution >= 4 is 72.8 Å². The van der Waals surface area contributed by atoms with E-state index in [1.807, 2.05) is 0 Å². The third kappa shape index (κ3) is 832. The van der Waals surface area contributed by atoms with E-state index < -0.39 is 10.2 Å². The SMILES string of the molecule is O=[N+]([O-])[O-].O=[N+]([O-])[O-].[Pb+2].[Sr+2]. The van der Waals surface area contributed by atoms with Crippen LogP contribution in [0.2, 0.25) is 0 Å². The largest absolute Gasteiger partial charge is 2.00 e. The minimum absolute atomic E-state index is 0. The van der Waals surface area contributed by atoms with Crippen LogP contribution in [-0.2, 0) is 0 Å². The normalized spacial score (nSPS) is 4.80. The van der Waals surface area contributed by atoms with E-state index in [1.165, 1.54) is 0 Å². The van der Waals surface area contributed by atoms with Crippen LogP contribution in [-0.4, -0.2) is 83.0 Å². The van der Waals surface area contributed by atoms with Crippen LogP contribution in [0.25, 0.3) is 0 Å². The van der Waals surface area contributed by atoms with Crippen molar-refractivity contribution in [3.05, 3.63) is 30.6 Å². The predicted molar refractivity (Wildman–Crippen MR) is 32.2 cm³/mol. The van der Waals surface area contributed by atoms with E-state index in [0.29, 0.717) is 0 Å². The van der Waals surface area contributed by atoms with Gasteiger partial charge in [0, 0.05) is 0 Å². The van der Waals surface area contributed by atoms with Crippen LogP contribution in [0.4, 0.5) is 0 Å². The Kier molecular flexibility index (Phi) is 36.8. The van der Waals surface area contributed by atoms with Crippen molar-refractivity contribution in [2.45, 2.75) is 0 Å². The number of hydrogen-bond donors (Lipinski definition) is 0. The van der Waals surface area contributed by atoms with Gasteiger partial charge < -0.3 is 30.6 Å². The second kappa shape index (κ2) is 16.4. The fraction of sp³-hybridized carbons (Fsp3) is 0. The Morgan fingerprint density at radius 1 is 0.800 bits per heavy atom.